The van der Waals surface area contributed by atoms with Crippen LogP contribution in [0, 0.1) is 12.8 Å². The molecule has 4 heterocycles. The molecule has 1 aliphatic heterocycles. The Morgan fingerprint density at radius 2 is 2.03 bits per heavy atom. The van der Waals surface area contributed by atoms with Gasteiger partial charge < -0.3 is 10.2 Å². The van der Waals surface area contributed by atoms with E-state index in [-0.39, 0.29) is 17.7 Å². The molecule has 3 aromatic rings. The minimum atomic E-state index is -0.000682. The number of hydrogen-bond donors (Lipinski definition) is 1. The average molecular weight is 446 g/mol. The van der Waals surface area contributed by atoms with Crippen LogP contribution < -0.4 is 5.32 Å². The van der Waals surface area contributed by atoms with E-state index < -0.39 is 0 Å². The molecule has 152 valence electrons. The third-order valence-corrected chi connectivity index (χ3v) is 7.89. The molecule has 1 N–H and O–H groups in total. The lowest BCUT2D eigenvalue weighted by Gasteiger charge is -2.31. The number of piperidine rings is 1. The molecule has 0 radical (unpaired) electrons. The number of nitrogens with zero attached hydrogens (tertiary/aromatic N) is 2. The molecule has 1 aliphatic rings. The van der Waals surface area contributed by atoms with Gasteiger partial charge in [-0.1, -0.05) is 6.07 Å². The van der Waals surface area contributed by atoms with Crippen LogP contribution in [0.5, 0.6) is 0 Å². The van der Waals surface area contributed by atoms with Gasteiger partial charge in [0.2, 0.25) is 5.91 Å². The number of aromatic nitrogens is 1. The van der Waals surface area contributed by atoms with Crippen LogP contribution in [0.3, 0.4) is 0 Å². The van der Waals surface area contributed by atoms with Crippen LogP contribution in [0.4, 0.5) is 0 Å². The molecule has 0 atom stereocenters. The third-order valence-electron chi connectivity index (χ3n) is 5.09. The zero-order chi connectivity index (χ0) is 20.2. The van der Waals surface area contributed by atoms with Crippen LogP contribution in [0.15, 0.2) is 35.0 Å². The summed E-state index contributed by atoms with van der Waals surface area (Å²) in [6.07, 6.45) is 2.29. The van der Waals surface area contributed by atoms with E-state index in [9.17, 15) is 9.59 Å². The summed E-state index contributed by atoms with van der Waals surface area (Å²) >= 11 is 4.87. The minimum Gasteiger partial charge on any atom is -0.355 e. The Labute approximate surface area is 182 Å². The molecule has 5 nitrogen and oxygen atoms in total. The normalized spacial score (nSPS) is 14.9. The van der Waals surface area contributed by atoms with Crippen LogP contribution in [0.25, 0.3) is 10.6 Å². The Hall–Kier alpha value is -2.03. The van der Waals surface area contributed by atoms with Crippen molar-refractivity contribution in [2.45, 2.75) is 26.2 Å². The Balaban J connectivity index is 1.21. The predicted molar refractivity (Wildman–Crippen MR) is 120 cm³/mol. The first-order chi connectivity index (χ1) is 14.1. The van der Waals surface area contributed by atoms with Crippen LogP contribution >= 0.6 is 34.0 Å². The van der Waals surface area contributed by atoms with E-state index in [1.54, 1.807) is 22.7 Å². The molecule has 4 rings (SSSR count). The minimum absolute atomic E-state index is 0.000682. The number of amides is 2. The largest absolute Gasteiger partial charge is 0.355 e. The van der Waals surface area contributed by atoms with E-state index in [2.05, 4.69) is 27.8 Å². The highest BCUT2D eigenvalue weighted by Gasteiger charge is 2.27. The van der Waals surface area contributed by atoms with E-state index in [0.29, 0.717) is 19.6 Å². The summed E-state index contributed by atoms with van der Waals surface area (Å²) in [6, 6.07) is 7.98. The molecule has 2 amide bonds. The van der Waals surface area contributed by atoms with Crippen molar-refractivity contribution >= 4 is 45.8 Å². The van der Waals surface area contributed by atoms with Gasteiger partial charge in [-0.25, -0.2) is 4.98 Å². The number of aryl methyl sites for hydroxylation is 1. The first-order valence-corrected chi connectivity index (χ1v) is 12.3. The smallest absolute Gasteiger partial charge is 0.263 e. The highest BCUT2D eigenvalue weighted by Crippen LogP contribution is 2.29. The molecule has 3 aromatic heterocycles. The van der Waals surface area contributed by atoms with Crippen molar-refractivity contribution in [1.82, 2.24) is 15.2 Å². The molecular weight excluding hydrogens is 422 g/mol. The molecule has 29 heavy (non-hydrogen) atoms. The number of carbonyl (C=O) groups is 2. The number of likely N-dealkylation sites (tertiary alicyclic amines) is 1. The van der Waals surface area contributed by atoms with Gasteiger partial charge in [0, 0.05) is 35.8 Å². The summed E-state index contributed by atoms with van der Waals surface area (Å²) < 4.78 is 0. The van der Waals surface area contributed by atoms with Crippen LogP contribution in [0.2, 0.25) is 0 Å². The zero-order valence-electron chi connectivity index (χ0n) is 16.2. The molecule has 0 saturated carbocycles. The van der Waals surface area contributed by atoms with Crippen molar-refractivity contribution in [3.63, 3.8) is 0 Å². The van der Waals surface area contributed by atoms with Gasteiger partial charge in [-0.05, 0) is 49.8 Å². The van der Waals surface area contributed by atoms with Crippen molar-refractivity contribution in [3.05, 3.63) is 49.8 Å². The topological polar surface area (TPSA) is 62.3 Å². The Bertz CT molecular complexity index is 969. The van der Waals surface area contributed by atoms with Gasteiger partial charge in [0.05, 0.1) is 20.5 Å². The number of hydrogen-bond acceptors (Lipinski definition) is 6. The SMILES string of the molecule is Cc1nc(-c2ccc(CCNC(=O)C3CCN(C(=O)c4cccs4)CC3)s2)cs1. The van der Waals surface area contributed by atoms with Gasteiger partial charge in [0.25, 0.3) is 5.91 Å². The Kier molecular flexibility index (Phi) is 6.42. The monoisotopic (exact) mass is 445 g/mol. The fourth-order valence-corrected chi connectivity index (χ4v) is 5.83. The van der Waals surface area contributed by atoms with Crippen LogP contribution in [-0.4, -0.2) is 41.3 Å². The second kappa shape index (κ2) is 9.19. The molecule has 0 bridgehead atoms. The maximum absolute atomic E-state index is 12.5. The summed E-state index contributed by atoms with van der Waals surface area (Å²) in [6.45, 7) is 3.95. The Morgan fingerprint density at radius 1 is 1.21 bits per heavy atom. The van der Waals surface area contributed by atoms with E-state index in [1.165, 1.54) is 21.1 Å². The maximum Gasteiger partial charge on any atom is 0.263 e. The molecule has 0 aliphatic carbocycles. The standard InChI is InChI=1S/C21H23N3O2S3/c1-14-23-17(13-28-14)18-5-4-16(29-18)6-9-22-20(25)15-7-10-24(11-8-15)21(26)19-3-2-12-27-19/h2-5,12-13,15H,6-11H2,1H3,(H,22,25). The molecule has 8 heteroatoms. The first-order valence-electron chi connectivity index (χ1n) is 9.72. The number of carbonyl (C=O) groups excluding carboxylic acids is 2. The van der Waals surface area contributed by atoms with Crippen molar-refractivity contribution in [2.75, 3.05) is 19.6 Å². The zero-order valence-corrected chi connectivity index (χ0v) is 18.7. The number of thiophene rings is 2. The number of rotatable bonds is 6. The van der Waals surface area contributed by atoms with Gasteiger partial charge in [0.15, 0.2) is 0 Å². The molecular formula is C21H23N3O2S3. The van der Waals surface area contributed by atoms with Crippen molar-refractivity contribution in [2.24, 2.45) is 5.92 Å². The van der Waals surface area contributed by atoms with E-state index in [4.69, 9.17) is 0 Å². The van der Waals surface area contributed by atoms with Crippen LogP contribution in [-0.2, 0) is 11.2 Å². The van der Waals surface area contributed by atoms with Crippen molar-refractivity contribution in [1.29, 1.82) is 0 Å². The molecule has 0 unspecified atom stereocenters. The lowest BCUT2D eigenvalue weighted by molar-refractivity contribution is -0.126. The third kappa shape index (κ3) is 4.94. The fraction of sp³-hybridized carbons (Fsp3) is 0.381. The van der Waals surface area contributed by atoms with Gasteiger partial charge in [-0.3, -0.25) is 9.59 Å². The van der Waals surface area contributed by atoms with E-state index in [1.807, 2.05) is 29.3 Å². The maximum atomic E-state index is 12.5. The lowest BCUT2D eigenvalue weighted by Crippen LogP contribution is -2.43. The summed E-state index contributed by atoms with van der Waals surface area (Å²) in [4.78, 5) is 34.5. The summed E-state index contributed by atoms with van der Waals surface area (Å²) in [5.41, 5.74) is 1.04. The first kappa shape index (κ1) is 20.3. The Morgan fingerprint density at radius 3 is 2.72 bits per heavy atom. The average Bonchev–Trinajstić information content (AvgIpc) is 3.49. The summed E-state index contributed by atoms with van der Waals surface area (Å²) in [5.74, 6) is 0.196. The quantitative estimate of drug-likeness (QED) is 0.610. The second-order valence-electron chi connectivity index (χ2n) is 7.10. The number of thiazole rings is 1. The second-order valence-corrected chi connectivity index (χ2v) is 10.3. The molecule has 1 saturated heterocycles. The molecule has 0 aromatic carbocycles. The fourth-order valence-electron chi connectivity index (χ4n) is 3.48. The highest BCUT2D eigenvalue weighted by molar-refractivity contribution is 7.16. The van der Waals surface area contributed by atoms with Crippen molar-refractivity contribution < 1.29 is 9.59 Å². The van der Waals surface area contributed by atoms with E-state index >= 15 is 0 Å². The summed E-state index contributed by atoms with van der Waals surface area (Å²) in [7, 11) is 0. The molecule has 1 fully saturated rings. The van der Waals surface area contributed by atoms with Crippen molar-refractivity contribution in [3.8, 4) is 10.6 Å². The highest BCUT2D eigenvalue weighted by atomic mass is 32.1. The lowest BCUT2D eigenvalue weighted by atomic mass is 9.95. The number of nitrogens with one attached hydrogen (secondary N) is 1. The van der Waals surface area contributed by atoms with E-state index in [0.717, 1.165) is 34.8 Å². The summed E-state index contributed by atoms with van der Waals surface area (Å²) in [5, 5.41) is 8.16. The van der Waals surface area contributed by atoms with Gasteiger partial charge in [-0.15, -0.1) is 34.0 Å². The van der Waals surface area contributed by atoms with Gasteiger partial charge >= 0.3 is 0 Å². The van der Waals surface area contributed by atoms with Crippen LogP contribution in [0.1, 0.15) is 32.4 Å². The van der Waals surface area contributed by atoms with Gasteiger partial charge in [-0.2, -0.15) is 0 Å². The van der Waals surface area contributed by atoms with Gasteiger partial charge in [0.1, 0.15) is 0 Å². The molecule has 0 spiro atoms. The predicted octanol–water partition coefficient (Wildman–Crippen LogP) is 4.45.